The third kappa shape index (κ3) is 2.45. The van der Waals surface area contributed by atoms with Gasteiger partial charge in [-0.1, -0.05) is 13.8 Å². The Morgan fingerprint density at radius 1 is 1.29 bits per heavy atom. The van der Waals surface area contributed by atoms with Crippen molar-refractivity contribution in [3.63, 3.8) is 0 Å². The number of carbonyl (C=O) groups excluding carboxylic acids is 2. The van der Waals surface area contributed by atoms with Crippen molar-refractivity contribution in [2.24, 2.45) is 11.3 Å². The average molecular weight is 238 g/mol. The lowest BCUT2D eigenvalue weighted by Crippen LogP contribution is -2.53. The maximum absolute atomic E-state index is 12.3. The van der Waals surface area contributed by atoms with Crippen LogP contribution in [0.15, 0.2) is 0 Å². The SMILES string of the molecule is CC1(C)NC(=O)CCN(CC2CC2(C)C)C1=O. The highest BCUT2D eigenvalue weighted by Crippen LogP contribution is 2.51. The first-order chi connectivity index (χ1) is 7.72. The van der Waals surface area contributed by atoms with Gasteiger partial charge in [0.2, 0.25) is 11.8 Å². The van der Waals surface area contributed by atoms with Crippen LogP contribution >= 0.6 is 0 Å². The maximum atomic E-state index is 12.3. The minimum absolute atomic E-state index is 0.0269. The van der Waals surface area contributed by atoms with Gasteiger partial charge in [0.05, 0.1) is 0 Å². The molecule has 4 heteroatoms. The molecule has 0 aromatic rings. The molecule has 96 valence electrons. The van der Waals surface area contributed by atoms with Gasteiger partial charge in [-0.3, -0.25) is 9.59 Å². The second-order valence-electron chi connectivity index (χ2n) is 6.56. The van der Waals surface area contributed by atoms with Crippen LogP contribution in [0.2, 0.25) is 0 Å². The molecule has 1 saturated heterocycles. The number of hydrogen-bond donors (Lipinski definition) is 1. The summed E-state index contributed by atoms with van der Waals surface area (Å²) in [7, 11) is 0. The van der Waals surface area contributed by atoms with Gasteiger partial charge in [-0.15, -0.1) is 0 Å². The summed E-state index contributed by atoms with van der Waals surface area (Å²) in [6, 6.07) is 0. The number of nitrogens with zero attached hydrogens (tertiary/aromatic N) is 1. The monoisotopic (exact) mass is 238 g/mol. The Morgan fingerprint density at radius 2 is 1.88 bits per heavy atom. The summed E-state index contributed by atoms with van der Waals surface area (Å²) in [6.07, 6.45) is 1.60. The van der Waals surface area contributed by atoms with E-state index in [0.29, 0.717) is 24.3 Å². The molecule has 1 heterocycles. The molecular formula is C13H22N2O2. The minimum atomic E-state index is -0.757. The van der Waals surface area contributed by atoms with Crippen molar-refractivity contribution in [2.75, 3.05) is 13.1 Å². The molecule has 0 aromatic carbocycles. The van der Waals surface area contributed by atoms with E-state index in [1.807, 2.05) is 4.90 Å². The Bertz CT molecular complexity index is 360. The normalized spacial score (nSPS) is 30.8. The van der Waals surface area contributed by atoms with E-state index in [9.17, 15) is 9.59 Å². The van der Waals surface area contributed by atoms with E-state index in [1.165, 1.54) is 6.42 Å². The smallest absolute Gasteiger partial charge is 0.247 e. The largest absolute Gasteiger partial charge is 0.342 e. The van der Waals surface area contributed by atoms with E-state index in [2.05, 4.69) is 19.2 Å². The van der Waals surface area contributed by atoms with Crippen molar-refractivity contribution in [3.05, 3.63) is 0 Å². The van der Waals surface area contributed by atoms with Gasteiger partial charge in [-0.2, -0.15) is 0 Å². The van der Waals surface area contributed by atoms with Crippen molar-refractivity contribution >= 4 is 11.8 Å². The van der Waals surface area contributed by atoms with E-state index in [1.54, 1.807) is 13.8 Å². The molecule has 2 aliphatic rings. The van der Waals surface area contributed by atoms with Crippen LogP contribution in [0.4, 0.5) is 0 Å². The van der Waals surface area contributed by atoms with E-state index in [0.717, 1.165) is 6.54 Å². The van der Waals surface area contributed by atoms with Crippen LogP contribution in [-0.2, 0) is 9.59 Å². The van der Waals surface area contributed by atoms with Gasteiger partial charge in [0.15, 0.2) is 0 Å². The number of carbonyl (C=O) groups is 2. The van der Waals surface area contributed by atoms with E-state index in [-0.39, 0.29) is 11.8 Å². The van der Waals surface area contributed by atoms with Gasteiger partial charge >= 0.3 is 0 Å². The quantitative estimate of drug-likeness (QED) is 0.785. The third-order valence-corrected chi connectivity index (χ3v) is 4.04. The molecule has 2 fully saturated rings. The predicted octanol–water partition coefficient (Wildman–Crippen LogP) is 1.16. The Balaban J connectivity index is 2.06. The first-order valence-electron chi connectivity index (χ1n) is 6.33. The average Bonchev–Trinajstić information content (AvgIpc) is 2.79. The first-order valence-corrected chi connectivity index (χ1v) is 6.33. The van der Waals surface area contributed by atoms with Gasteiger partial charge in [-0.05, 0) is 31.6 Å². The van der Waals surface area contributed by atoms with Crippen LogP contribution in [0.5, 0.6) is 0 Å². The summed E-state index contributed by atoms with van der Waals surface area (Å²) >= 11 is 0. The maximum Gasteiger partial charge on any atom is 0.247 e. The first kappa shape index (κ1) is 12.4. The lowest BCUT2D eigenvalue weighted by molar-refractivity contribution is -0.137. The Kier molecular flexibility index (Phi) is 2.71. The second kappa shape index (κ2) is 3.72. The molecule has 0 bridgehead atoms. The molecule has 1 saturated carbocycles. The fraction of sp³-hybridized carbons (Fsp3) is 0.846. The summed E-state index contributed by atoms with van der Waals surface area (Å²) in [5, 5.41) is 2.78. The fourth-order valence-corrected chi connectivity index (χ4v) is 2.53. The molecule has 2 amide bonds. The highest BCUT2D eigenvalue weighted by molar-refractivity contribution is 5.92. The van der Waals surface area contributed by atoms with Crippen molar-refractivity contribution < 1.29 is 9.59 Å². The van der Waals surface area contributed by atoms with Crippen molar-refractivity contribution in [1.29, 1.82) is 0 Å². The van der Waals surface area contributed by atoms with Gasteiger partial charge in [0, 0.05) is 19.5 Å². The lowest BCUT2D eigenvalue weighted by Gasteiger charge is -2.29. The Morgan fingerprint density at radius 3 is 2.41 bits per heavy atom. The number of nitrogens with one attached hydrogen (secondary N) is 1. The molecule has 1 aliphatic carbocycles. The van der Waals surface area contributed by atoms with Gasteiger partial charge in [0.1, 0.15) is 5.54 Å². The molecule has 0 radical (unpaired) electrons. The molecule has 1 N–H and O–H groups in total. The molecule has 2 rings (SSSR count). The Labute approximate surface area is 103 Å². The van der Waals surface area contributed by atoms with E-state index in [4.69, 9.17) is 0 Å². The molecule has 1 aliphatic heterocycles. The predicted molar refractivity (Wildman–Crippen MR) is 65.3 cm³/mol. The van der Waals surface area contributed by atoms with Gasteiger partial charge in [-0.25, -0.2) is 0 Å². The molecule has 0 spiro atoms. The molecule has 1 unspecified atom stereocenters. The number of hydrogen-bond acceptors (Lipinski definition) is 2. The fourth-order valence-electron chi connectivity index (χ4n) is 2.53. The second-order valence-corrected chi connectivity index (χ2v) is 6.56. The zero-order valence-corrected chi connectivity index (χ0v) is 11.2. The van der Waals surface area contributed by atoms with Gasteiger partial charge in [0.25, 0.3) is 0 Å². The summed E-state index contributed by atoms with van der Waals surface area (Å²) < 4.78 is 0. The van der Waals surface area contributed by atoms with E-state index >= 15 is 0 Å². The molecule has 1 atom stereocenters. The lowest BCUT2D eigenvalue weighted by atomic mass is 10.0. The summed E-state index contributed by atoms with van der Waals surface area (Å²) in [5.41, 5.74) is -0.388. The minimum Gasteiger partial charge on any atom is -0.342 e. The van der Waals surface area contributed by atoms with E-state index < -0.39 is 5.54 Å². The van der Waals surface area contributed by atoms with Crippen LogP contribution < -0.4 is 5.32 Å². The van der Waals surface area contributed by atoms with Crippen molar-refractivity contribution in [3.8, 4) is 0 Å². The zero-order chi connectivity index (χ0) is 12.8. The zero-order valence-electron chi connectivity index (χ0n) is 11.2. The van der Waals surface area contributed by atoms with Crippen LogP contribution in [-0.4, -0.2) is 35.3 Å². The van der Waals surface area contributed by atoms with Crippen LogP contribution in [0, 0.1) is 11.3 Å². The topological polar surface area (TPSA) is 49.4 Å². The molecule has 0 aromatic heterocycles. The number of amides is 2. The summed E-state index contributed by atoms with van der Waals surface area (Å²) in [5.74, 6) is 0.613. The van der Waals surface area contributed by atoms with Crippen LogP contribution in [0.3, 0.4) is 0 Å². The highest BCUT2D eigenvalue weighted by atomic mass is 16.2. The molecule has 4 nitrogen and oxygen atoms in total. The summed E-state index contributed by atoms with van der Waals surface area (Å²) in [6.45, 7) is 9.38. The Hall–Kier alpha value is -1.06. The molecule has 17 heavy (non-hydrogen) atoms. The molecular weight excluding hydrogens is 216 g/mol. The standard InChI is InChI=1S/C13H22N2O2/c1-12(2)7-9(12)8-15-6-5-10(16)14-13(3,4)11(15)17/h9H,5-8H2,1-4H3,(H,14,16). The summed E-state index contributed by atoms with van der Waals surface area (Å²) in [4.78, 5) is 25.7. The highest BCUT2D eigenvalue weighted by Gasteiger charge is 2.48. The van der Waals surface area contributed by atoms with Crippen LogP contribution in [0.25, 0.3) is 0 Å². The number of rotatable bonds is 2. The van der Waals surface area contributed by atoms with Gasteiger partial charge < -0.3 is 10.2 Å². The van der Waals surface area contributed by atoms with Crippen LogP contribution in [0.1, 0.15) is 40.5 Å². The van der Waals surface area contributed by atoms with Crippen molar-refractivity contribution in [2.45, 2.75) is 46.1 Å². The van der Waals surface area contributed by atoms with Crippen molar-refractivity contribution in [1.82, 2.24) is 10.2 Å². The third-order valence-electron chi connectivity index (χ3n) is 4.04.